The number of likely N-dealkylation sites (N-methyl/N-ethyl adjacent to an activating group) is 1. The third kappa shape index (κ3) is 3.56. The van der Waals surface area contributed by atoms with Crippen LogP contribution in [0.2, 0.25) is 0 Å². The lowest BCUT2D eigenvalue weighted by atomic mass is 10.2. The maximum atomic E-state index is 9.99. The van der Waals surface area contributed by atoms with Crippen LogP contribution in [0.15, 0.2) is 17.5 Å². The molecule has 1 N–H and O–H groups in total. The highest BCUT2D eigenvalue weighted by Crippen LogP contribution is 2.12. The molecule has 1 fully saturated rings. The standard InChI is InChI=1S/C12H20N2OS/c1-13-4-6-14(7-5-13)10-11(15)9-12-3-2-8-16-12/h2-3,8,11,15H,4-7,9-10H2,1H3. The normalized spacial score (nSPS) is 21.1. The number of hydrogen-bond acceptors (Lipinski definition) is 4. The zero-order chi connectivity index (χ0) is 11.4. The van der Waals surface area contributed by atoms with Gasteiger partial charge in [-0.05, 0) is 18.5 Å². The van der Waals surface area contributed by atoms with Gasteiger partial charge in [0.05, 0.1) is 6.10 Å². The molecule has 1 aliphatic rings. The molecule has 2 rings (SSSR count). The number of β-amino-alcohol motifs (C(OH)–C–C–N with tert-alkyl or cyclic N) is 1. The summed E-state index contributed by atoms with van der Waals surface area (Å²) in [6.07, 6.45) is 0.575. The van der Waals surface area contributed by atoms with Crippen molar-refractivity contribution in [2.75, 3.05) is 39.8 Å². The van der Waals surface area contributed by atoms with Gasteiger partial charge in [0.2, 0.25) is 0 Å². The molecular formula is C12H20N2OS. The maximum absolute atomic E-state index is 9.99. The fraction of sp³-hybridized carbons (Fsp3) is 0.667. The molecule has 0 bridgehead atoms. The molecule has 0 saturated carbocycles. The Kier molecular flexibility index (Phi) is 4.35. The molecule has 0 spiro atoms. The summed E-state index contributed by atoms with van der Waals surface area (Å²) in [4.78, 5) is 5.97. The van der Waals surface area contributed by atoms with E-state index >= 15 is 0 Å². The Bertz CT molecular complexity index is 294. The Balaban J connectivity index is 1.72. The molecule has 0 amide bonds. The fourth-order valence-corrected chi connectivity index (χ4v) is 2.83. The van der Waals surface area contributed by atoms with Gasteiger partial charge in [-0.25, -0.2) is 0 Å². The third-order valence-electron chi connectivity index (χ3n) is 3.08. The number of rotatable bonds is 4. The monoisotopic (exact) mass is 240 g/mol. The zero-order valence-corrected chi connectivity index (χ0v) is 10.6. The van der Waals surface area contributed by atoms with Gasteiger partial charge >= 0.3 is 0 Å². The molecule has 3 nitrogen and oxygen atoms in total. The fourth-order valence-electron chi connectivity index (χ4n) is 2.05. The van der Waals surface area contributed by atoms with E-state index < -0.39 is 0 Å². The van der Waals surface area contributed by atoms with Crippen LogP contribution in [-0.4, -0.2) is 60.8 Å². The van der Waals surface area contributed by atoms with Crippen molar-refractivity contribution in [3.8, 4) is 0 Å². The van der Waals surface area contributed by atoms with Crippen molar-refractivity contribution in [1.29, 1.82) is 0 Å². The minimum absolute atomic E-state index is 0.220. The number of thiophene rings is 1. The molecule has 1 unspecified atom stereocenters. The first-order chi connectivity index (χ1) is 7.74. The number of aliphatic hydroxyl groups excluding tert-OH is 1. The molecule has 2 heterocycles. The maximum Gasteiger partial charge on any atom is 0.0715 e. The smallest absolute Gasteiger partial charge is 0.0715 e. The van der Waals surface area contributed by atoms with E-state index in [2.05, 4.69) is 28.3 Å². The van der Waals surface area contributed by atoms with E-state index in [4.69, 9.17) is 0 Å². The van der Waals surface area contributed by atoms with E-state index in [1.165, 1.54) is 4.88 Å². The Morgan fingerprint density at radius 1 is 1.38 bits per heavy atom. The molecule has 1 aliphatic heterocycles. The zero-order valence-electron chi connectivity index (χ0n) is 9.80. The molecule has 90 valence electrons. The average Bonchev–Trinajstić information content (AvgIpc) is 2.74. The molecule has 1 aromatic heterocycles. The minimum Gasteiger partial charge on any atom is -0.391 e. The van der Waals surface area contributed by atoms with Crippen molar-refractivity contribution in [2.45, 2.75) is 12.5 Å². The number of nitrogens with zero attached hydrogens (tertiary/aromatic N) is 2. The van der Waals surface area contributed by atoms with Crippen molar-refractivity contribution >= 4 is 11.3 Å². The van der Waals surface area contributed by atoms with Crippen LogP contribution < -0.4 is 0 Å². The quantitative estimate of drug-likeness (QED) is 0.847. The Morgan fingerprint density at radius 2 is 2.12 bits per heavy atom. The van der Waals surface area contributed by atoms with Crippen molar-refractivity contribution in [1.82, 2.24) is 9.80 Å². The lowest BCUT2D eigenvalue weighted by Gasteiger charge is -2.33. The third-order valence-corrected chi connectivity index (χ3v) is 3.98. The van der Waals surface area contributed by atoms with E-state index in [9.17, 15) is 5.11 Å². The predicted octanol–water partition coefficient (Wildman–Crippen LogP) is 0.899. The second kappa shape index (κ2) is 5.77. The summed E-state index contributed by atoms with van der Waals surface area (Å²) in [5.41, 5.74) is 0. The molecular weight excluding hydrogens is 220 g/mol. The minimum atomic E-state index is -0.220. The van der Waals surface area contributed by atoms with E-state index in [0.29, 0.717) is 0 Å². The van der Waals surface area contributed by atoms with E-state index in [1.54, 1.807) is 11.3 Å². The van der Waals surface area contributed by atoms with Gasteiger partial charge < -0.3 is 10.0 Å². The van der Waals surface area contributed by atoms with Gasteiger partial charge in [0.25, 0.3) is 0 Å². The summed E-state index contributed by atoms with van der Waals surface area (Å²) in [7, 11) is 2.15. The van der Waals surface area contributed by atoms with Crippen LogP contribution in [0.5, 0.6) is 0 Å². The molecule has 16 heavy (non-hydrogen) atoms. The molecule has 0 aromatic carbocycles. The second-order valence-electron chi connectivity index (χ2n) is 4.54. The van der Waals surface area contributed by atoms with E-state index in [0.717, 1.165) is 39.1 Å². The average molecular weight is 240 g/mol. The molecule has 4 heteroatoms. The molecule has 1 aromatic rings. The van der Waals surface area contributed by atoms with Gasteiger partial charge in [-0.2, -0.15) is 0 Å². The first-order valence-electron chi connectivity index (χ1n) is 5.85. The summed E-state index contributed by atoms with van der Waals surface area (Å²) in [6.45, 7) is 5.21. The highest BCUT2D eigenvalue weighted by Gasteiger charge is 2.17. The van der Waals surface area contributed by atoms with Crippen LogP contribution in [0, 0.1) is 0 Å². The Labute approximate surface area is 101 Å². The van der Waals surface area contributed by atoms with Crippen molar-refractivity contribution in [3.05, 3.63) is 22.4 Å². The predicted molar refractivity (Wildman–Crippen MR) is 68.0 cm³/mol. The SMILES string of the molecule is CN1CCN(CC(O)Cc2cccs2)CC1. The van der Waals surface area contributed by atoms with Gasteiger partial charge in [0.15, 0.2) is 0 Å². The van der Waals surface area contributed by atoms with Crippen molar-refractivity contribution in [3.63, 3.8) is 0 Å². The van der Waals surface area contributed by atoms with Crippen molar-refractivity contribution < 1.29 is 5.11 Å². The van der Waals surface area contributed by atoms with Crippen LogP contribution in [0.1, 0.15) is 4.88 Å². The summed E-state index contributed by atoms with van der Waals surface area (Å²) in [6, 6.07) is 4.14. The number of aliphatic hydroxyl groups is 1. The molecule has 0 radical (unpaired) electrons. The van der Waals surface area contributed by atoms with Crippen LogP contribution in [-0.2, 0) is 6.42 Å². The van der Waals surface area contributed by atoms with Crippen molar-refractivity contribution in [2.24, 2.45) is 0 Å². The first kappa shape index (κ1) is 12.0. The van der Waals surface area contributed by atoms with Crippen LogP contribution >= 0.6 is 11.3 Å². The van der Waals surface area contributed by atoms with Gasteiger partial charge in [0.1, 0.15) is 0 Å². The van der Waals surface area contributed by atoms with Gasteiger partial charge in [0, 0.05) is 44.0 Å². The van der Waals surface area contributed by atoms with Gasteiger partial charge in [-0.15, -0.1) is 11.3 Å². The van der Waals surface area contributed by atoms with E-state index in [-0.39, 0.29) is 6.10 Å². The first-order valence-corrected chi connectivity index (χ1v) is 6.73. The summed E-state index contributed by atoms with van der Waals surface area (Å²) in [5.74, 6) is 0. The second-order valence-corrected chi connectivity index (χ2v) is 5.57. The number of piperazine rings is 1. The van der Waals surface area contributed by atoms with Crippen LogP contribution in [0.4, 0.5) is 0 Å². The number of hydrogen-bond donors (Lipinski definition) is 1. The molecule has 1 saturated heterocycles. The lowest BCUT2D eigenvalue weighted by Crippen LogP contribution is -2.47. The Hall–Kier alpha value is -0.420. The highest BCUT2D eigenvalue weighted by molar-refractivity contribution is 7.09. The van der Waals surface area contributed by atoms with Crippen LogP contribution in [0.25, 0.3) is 0 Å². The highest BCUT2D eigenvalue weighted by atomic mass is 32.1. The lowest BCUT2D eigenvalue weighted by molar-refractivity contribution is 0.0811. The summed E-state index contributed by atoms with van der Waals surface area (Å²) < 4.78 is 0. The largest absolute Gasteiger partial charge is 0.391 e. The molecule has 1 atom stereocenters. The van der Waals surface area contributed by atoms with Gasteiger partial charge in [-0.1, -0.05) is 6.07 Å². The Morgan fingerprint density at radius 3 is 2.75 bits per heavy atom. The molecule has 0 aliphatic carbocycles. The van der Waals surface area contributed by atoms with Crippen LogP contribution in [0.3, 0.4) is 0 Å². The summed E-state index contributed by atoms with van der Waals surface area (Å²) in [5, 5.41) is 12.1. The topological polar surface area (TPSA) is 26.7 Å². The van der Waals surface area contributed by atoms with E-state index in [1.807, 2.05) is 6.07 Å². The summed E-state index contributed by atoms with van der Waals surface area (Å²) >= 11 is 1.73. The van der Waals surface area contributed by atoms with Gasteiger partial charge in [-0.3, -0.25) is 4.90 Å².